The first-order chi connectivity index (χ1) is 10.4. The fourth-order valence-corrected chi connectivity index (χ4v) is 2.35. The minimum Gasteiger partial charge on any atom is -0.493 e. The van der Waals surface area contributed by atoms with Crippen LogP contribution in [0.5, 0.6) is 11.5 Å². The number of rotatable bonds is 5. The largest absolute Gasteiger partial charge is 0.493 e. The van der Waals surface area contributed by atoms with Gasteiger partial charge in [-0.05, 0) is 18.1 Å². The molecule has 122 valence electrons. The number of amides is 1. The monoisotopic (exact) mass is 317 g/mol. The van der Waals surface area contributed by atoms with Gasteiger partial charge in [0.1, 0.15) is 0 Å². The van der Waals surface area contributed by atoms with Crippen LogP contribution in [0.2, 0.25) is 0 Å². The summed E-state index contributed by atoms with van der Waals surface area (Å²) in [7, 11) is 1.56. The number of carbonyl (C=O) groups excluding carboxylic acids is 1. The van der Waals surface area contributed by atoms with Gasteiger partial charge in [0.05, 0.1) is 20.1 Å². The molecule has 22 heavy (non-hydrogen) atoms. The molecule has 0 aromatic heterocycles. The molecule has 0 unspecified atom stereocenters. The maximum absolute atomic E-state index is 12.0. The molecule has 1 aromatic rings. The second kappa shape index (κ2) is 6.89. The van der Waals surface area contributed by atoms with E-state index < -0.39 is 24.9 Å². The van der Waals surface area contributed by atoms with Crippen LogP contribution in [0.15, 0.2) is 18.2 Å². The summed E-state index contributed by atoms with van der Waals surface area (Å²) in [6, 6.07) is 5.57. The molecule has 1 aromatic carbocycles. The Kier molecular flexibility index (Phi) is 5.15. The average molecular weight is 317 g/mol. The highest BCUT2D eigenvalue weighted by Gasteiger charge is 2.28. The molecule has 0 aliphatic carbocycles. The first kappa shape index (κ1) is 16.5. The minimum absolute atomic E-state index is 0.0365. The lowest BCUT2D eigenvalue weighted by Crippen LogP contribution is -2.35. The smallest absolute Gasteiger partial charge is 0.389 e. The quantitative estimate of drug-likeness (QED) is 0.908. The number of para-hydroxylation sites is 1. The Labute approximate surface area is 126 Å². The van der Waals surface area contributed by atoms with E-state index in [2.05, 4.69) is 5.32 Å². The van der Waals surface area contributed by atoms with E-state index in [0.717, 1.165) is 5.56 Å². The van der Waals surface area contributed by atoms with Crippen LogP contribution in [0.1, 0.15) is 18.4 Å². The predicted molar refractivity (Wildman–Crippen MR) is 74.0 cm³/mol. The van der Waals surface area contributed by atoms with Crippen molar-refractivity contribution in [1.29, 1.82) is 0 Å². The van der Waals surface area contributed by atoms with Gasteiger partial charge in [-0.15, -0.1) is 0 Å². The number of hydrogen-bond donors (Lipinski definition) is 1. The van der Waals surface area contributed by atoms with Gasteiger partial charge in [-0.2, -0.15) is 13.2 Å². The molecule has 7 heteroatoms. The number of halogens is 3. The van der Waals surface area contributed by atoms with Crippen LogP contribution in [0.25, 0.3) is 0 Å². The Morgan fingerprint density at radius 2 is 2.23 bits per heavy atom. The van der Waals surface area contributed by atoms with E-state index in [1.807, 2.05) is 12.1 Å². The summed E-state index contributed by atoms with van der Waals surface area (Å²) in [5, 5.41) is 2.53. The molecule has 1 amide bonds. The van der Waals surface area contributed by atoms with Crippen LogP contribution in [-0.2, 0) is 11.2 Å². The topological polar surface area (TPSA) is 47.6 Å². The SMILES string of the molecule is COc1cccc2c1OC[C@@H](CNC(=O)CCC(F)(F)F)C2. The van der Waals surface area contributed by atoms with E-state index in [-0.39, 0.29) is 5.92 Å². The Morgan fingerprint density at radius 1 is 1.45 bits per heavy atom. The van der Waals surface area contributed by atoms with Gasteiger partial charge < -0.3 is 14.8 Å². The van der Waals surface area contributed by atoms with Crippen molar-refractivity contribution < 1.29 is 27.4 Å². The molecule has 0 saturated heterocycles. The van der Waals surface area contributed by atoms with Crippen molar-refractivity contribution in [1.82, 2.24) is 5.32 Å². The molecule has 0 saturated carbocycles. The van der Waals surface area contributed by atoms with Crippen LogP contribution in [0.4, 0.5) is 13.2 Å². The van der Waals surface area contributed by atoms with Crippen molar-refractivity contribution >= 4 is 5.91 Å². The van der Waals surface area contributed by atoms with Gasteiger partial charge in [0, 0.05) is 18.9 Å². The number of methoxy groups -OCH3 is 1. The number of fused-ring (bicyclic) bond motifs is 1. The normalized spacial score (nSPS) is 17.4. The molecule has 1 aliphatic heterocycles. The third kappa shape index (κ3) is 4.54. The number of benzene rings is 1. The Balaban J connectivity index is 1.82. The van der Waals surface area contributed by atoms with E-state index in [4.69, 9.17) is 9.47 Å². The Hall–Kier alpha value is -1.92. The molecule has 4 nitrogen and oxygen atoms in total. The number of alkyl halides is 3. The Bertz CT molecular complexity index is 531. The molecule has 0 spiro atoms. The average Bonchev–Trinajstić information content (AvgIpc) is 2.49. The van der Waals surface area contributed by atoms with Crippen molar-refractivity contribution in [2.45, 2.75) is 25.4 Å². The summed E-state index contributed by atoms with van der Waals surface area (Å²) >= 11 is 0. The first-order valence-electron chi connectivity index (χ1n) is 7.01. The number of carbonyl (C=O) groups is 1. The second-order valence-corrected chi connectivity index (χ2v) is 5.25. The van der Waals surface area contributed by atoms with E-state index in [0.29, 0.717) is 31.1 Å². The third-order valence-electron chi connectivity index (χ3n) is 3.48. The zero-order chi connectivity index (χ0) is 16.2. The number of nitrogens with one attached hydrogen (secondary N) is 1. The summed E-state index contributed by atoms with van der Waals surface area (Å²) in [6.07, 6.45) is -5.26. The first-order valence-corrected chi connectivity index (χ1v) is 7.01. The second-order valence-electron chi connectivity index (χ2n) is 5.25. The van der Waals surface area contributed by atoms with Crippen LogP contribution < -0.4 is 14.8 Å². The van der Waals surface area contributed by atoms with E-state index >= 15 is 0 Å². The van der Waals surface area contributed by atoms with Crippen molar-refractivity contribution in [3.8, 4) is 11.5 Å². The number of hydrogen-bond acceptors (Lipinski definition) is 3. The van der Waals surface area contributed by atoms with Crippen LogP contribution in [-0.4, -0.2) is 32.3 Å². The highest BCUT2D eigenvalue weighted by atomic mass is 19.4. The summed E-state index contributed by atoms with van der Waals surface area (Å²) in [6.45, 7) is 0.695. The zero-order valence-corrected chi connectivity index (χ0v) is 12.2. The Morgan fingerprint density at radius 3 is 2.91 bits per heavy atom. The lowest BCUT2D eigenvalue weighted by molar-refractivity contribution is -0.144. The molecule has 1 N–H and O–H groups in total. The fourth-order valence-electron chi connectivity index (χ4n) is 2.35. The van der Waals surface area contributed by atoms with E-state index in [1.54, 1.807) is 13.2 Å². The van der Waals surface area contributed by atoms with E-state index in [1.165, 1.54) is 0 Å². The zero-order valence-electron chi connectivity index (χ0n) is 12.2. The van der Waals surface area contributed by atoms with Crippen molar-refractivity contribution in [2.24, 2.45) is 5.92 Å². The molecule has 1 aliphatic rings. The molecular weight excluding hydrogens is 299 g/mol. The predicted octanol–water partition coefficient (Wildman–Crippen LogP) is 2.71. The standard InChI is InChI=1S/C15H18F3NO3/c1-21-12-4-2-3-11-7-10(9-22-14(11)12)8-19-13(20)5-6-15(16,17)18/h2-4,10H,5-9H2,1H3,(H,19,20)/t10-/m1/s1. The van der Waals surface area contributed by atoms with Gasteiger partial charge in [0.15, 0.2) is 11.5 Å². The van der Waals surface area contributed by atoms with E-state index in [9.17, 15) is 18.0 Å². The number of ether oxygens (including phenoxy) is 2. The summed E-state index contributed by atoms with van der Waals surface area (Å²) < 4.78 is 47.0. The molecule has 0 fully saturated rings. The maximum Gasteiger partial charge on any atom is 0.389 e. The lowest BCUT2D eigenvalue weighted by atomic mass is 9.96. The third-order valence-corrected chi connectivity index (χ3v) is 3.48. The molecule has 2 rings (SSSR count). The lowest BCUT2D eigenvalue weighted by Gasteiger charge is -2.26. The minimum atomic E-state index is -4.30. The molecule has 1 atom stereocenters. The van der Waals surface area contributed by atoms with Gasteiger partial charge in [-0.1, -0.05) is 12.1 Å². The van der Waals surface area contributed by atoms with Crippen molar-refractivity contribution in [3.05, 3.63) is 23.8 Å². The molecular formula is C15H18F3NO3. The fraction of sp³-hybridized carbons (Fsp3) is 0.533. The van der Waals surface area contributed by atoms with Gasteiger partial charge in [0.2, 0.25) is 5.91 Å². The van der Waals surface area contributed by atoms with Crippen molar-refractivity contribution in [2.75, 3.05) is 20.3 Å². The van der Waals surface area contributed by atoms with Crippen LogP contribution in [0.3, 0.4) is 0 Å². The maximum atomic E-state index is 12.0. The van der Waals surface area contributed by atoms with Gasteiger partial charge >= 0.3 is 6.18 Å². The highest BCUT2D eigenvalue weighted by Crippen LogP contribution is 2.35. The summed E-state index contributed by atoms with van der Waals surface area (Å²) in [5.41, 5.74) is 0.972. The van der Waals surface area contributed by atoms with Gasteiger partial charge in [-0.25, -0.2) is 0 Å². The van der Waals surface area contributed by atoms with Crippen LogP contribution >= 0.6 is 0 Å². The van der Waals surface area contributed by atoms with Gasteiger partial charge in [0.25, 0.3) is 0 Å². The highest BCUT2D eigenvalue weighted by molar-refractivity contribution is 5.75. The molecule has 1 heterocycles. The molecule has 0 bridgehead atoms. The van der Waals surface area contributed by atoms with Crippen LogP contribution in [0, 0.1) is 5.92 Å². The summed E-state index contributed by atoms with van der Waals surface area (Å²) in [4.78, 5) is 11.4. The van der Waals surface area contributed by atoms with Gasteiger partial charge in [-0.3, -0.25) is 4.79 Å². The molecule has 0 radical (unpaired) electrons. The summed E-state index contributed by atoms with van der Waals surface area (Å²) in [5.74, 6) is 0.804. The van der Waals surface area contributed by atoms with Crippen molar-refractivity contribution in [3.63, 3.8) is 0 Å².